The zero-order chi connectivity index (χ0) is 20.8. The number of aromatic nitrogens is 2. The lowest BCUT2D eigenvalue weighted by Crippen LogP contribution is -2.13. The molecule has 0 aliphatic heterocycles. The van der Waals surface area contributed by atoms with Gasteiger partial charge in [-0.1, -0.05) is 60.7 Å². The minimum atomic E-state index is -0.419. The minimum absolute atomic E-state index is 0.285. The second kappa shape index (κ2) is 9.05. The summed E-state index contributed by atoms with van der Waals surface area (Å²) in [6, 6.07) is 20.7. The van der Waals surface area contributed by atoms with E-state index in [1.165, 1.54) is 0 Å². The van der Waals surface area contributed by atoms with Crippen molar-refractivity contribution in [3.63, 3.8) is 0 Å². The predicted octanol–water partition coefficient (Wildman–Crippen LogP) is 5.11. The maximum absolute atomic E-state index is 12.6. The van der Waals surface area contributed by atoms with Gasteiger partial charge in [-0.25, -0.2) is 9.78 Å². The third-order valence-corrected chi connectivity index (χ3v) is 4.56. The van der Waals surface area contributed by atoms with Gasteiger partial charge in [0, 0.05) is 18.0 Å². The highest BCUT2D eigenvalue weighted by molar-refractivity contribution is 5.96. The van der Waals surface area contributed by atoms with Gasteiger partial charge < -0.3 is 14.5 Å². The monoisotopic (exact) mass is 399 g/mol. The molecule has 6 heteroatoms. The van der Waals surface area contributed by atoms with Crippen molar-refractivity contribution in [3.8, 4) is 11.3 Å². The summed E-state index contributed by atoms with van der Waals surface area (Å²) in [5.74, 6) is 1.24. The molecule has 1 unspecified atom stereocenters. The standard InChI is InChI=1S/C24H21N3O3/c1-2-29-24(28)19-15-20(30-23(19)18-11-7-4-8-12-18)22(17-9-5-3-6-10-17)27-21-16-25-13-14-26-21/h3-16,22H,2H2,1H3,(H,26,27). The highest BCUT2D eigenvalue weighted by Gasteiger charge is 2.26. The maximum Gasteiger partial charge on any atom is 0.342 e. The Bertz CT molecular complexity index is 1100. The van der Waals surface area contributed by atoms with Crippen molar-refractivity contribution in [1.29, 1.82) is 0 Å². The number of esters is 1. The van der Waals surface area contributed by atoms with Crippen LogP contribution in [0.4, 0.5) is 5.82 Å². The van der Waals surface area contributed by atoms with Gasteiger partial charge in [-0.2, -0.15) is 0 Å². The van der Waals surface area contributed by atoms with Crippen molar-refractivity contribution in [3.05, 3.63) is 102 Å². The van der Waals surface area contributed by atoms with Crippen LogP contribution in [0, 0.1) is 0 Å². The largest absolute Gasteiger partial charge is 0.462 e. The van der Waals surface area contributed by atoms with Crippen molar-refractivity contribution < 1.29 is 13.9 Å². The zero-order valence-corrected chi connectivity index (χ0v) is 16.5. The molecule has 4 rings (SSSR count). The first-order chi connectivity index (χ1) is 14.8. The van der Waals surface area contributed by atoms with Gasteiger partial charge in [0.1, 0.15) is 28.9 Å². The summed E-state index contributed by atoms with van der Waals surface area (Å²) in [7, 11) is 0. The average molecular weight is 399 g/mol. The van der Waals surface area contributed by atoms with E-state index in [1.54, 1.807) is 31.6 Å². The second-order valence-corrected chi connectivity index (χ2v) is 6.56. The summed E-state index contributed by atoms with van der Waals surface area (Å²) in [4.78, 5) is 21.1. The first-order valence-electron chi connectivity index (χ1n) is 9.70. The molecule has 2 aromatic carbocycles. The first-order valence-corrected chi connectivity index (χ1v) is 9.70. The Balaban J connectivity index is 1.81. The van der Waals surface area contributed by atoms with Crippen molar-refractivity contribution >= 4 is 11.8 Å². The van der Waals surface area contributed by atoms with Crippen LogP contribution in [-0.2, 0) is 4.74 Å². The van der Waals surface area contributed by atoms with Gasteiger partial charge in [-0.05, 0) is 18.6 Å². The summed E-state index contributed by atoms with van der Waals surface area (Å²) in [5, 5.41) is 3.36. The van der Waals surface area contributed by atoms with Gasteiger partial charge in [-0.3, -0.25) is 4.98 Å². The number of carbonyl (C=O) groups excluding carboxylic acids is 1. The molecular formula is C24H21N3O3. The molecule has 1 N–H and O–H groups in total. The summed E-state index contributed by atoms with van der Waals surface area (Å²) >= 11 is 0. The van der Waals surface area contributed by atoms with Gasteiger partial charge >= 0.3 is 5.97 Å². The summed E-state index contributed by atoms with van der Waals surface area (Å²) in [5.41, 5.74) is 2.16. The molecular weight excluding hydrogens is 378 g/mol. The van der Waals surface area contributed by atoms with Crippen molar-refractivity contribution in [2.24, 2.45) is 0 Å². The van der Waals surface area contributed by atoms with Gasteiger partial charge in [0.25, 0.3) is 0 Å². The number of rotatable bonds is 7. The lowest BCUT2D eigenvalue weighted by Gasteiger charge is -2.17. The highest BCUT2D eigenvalue weighted by atomic mass is 16.5. The molecule has 6 nitrogen and oxygen atoms in total. The van der Waals surface area contributed by atoms with Crippen LogP contribution in [0.15, 0.2) is 89.7 Å². The summed E-state index contributed by atoms with van der Waals surface area (Å²) < 4.78 is 11.5. The predicted molar refractivity (Wildman–Crippen MR) is 114 cm³/mol. The molecule has 0 fully saturated rings. The van der Waals surface area contributed by atoms with Crippen molar-refractivity contribution in [2.45, 2.75) is 13.0 Å². The molecule has 0 aliphatic carbocycles. The topological polar surface area (TPSA) is 77.2 Å². The van der Waals surface area contributed by atoms with Crippen LogP contribution in [0.25, 0.3) is 11.3 Å². The number of carbonyl (C=O) groups is 1. The molecule has 2 heterocycles. The average Bonchev–Trinajstić information content (AvgIpc) is 3.25. The van der Waals surface area contributed by atoms with Crippen LogP contribution >= 0.6 is 0 Å². The minimum Gasteiger partial charge on any atom is -0.462 e. The fourth-order valence-electron chi connectivity index (χ4n) is 3.20. The van der Waals surface area contributed by atoms with Gasteiger partial charge in [0.2, 0.25) is 0 Å². The number of anilines is 1. The Morgan fingerprint density at radius 3 is 2.47 bits per heavy atom. The molecule has 0 saturated carbocycles. The molecule has 0 bridgehead atoms. The quantitative estimate of drug-likeness (QED) is 0.435. The Morgan fingerprint density at radius 2 is 1.80 bits per heavy atom. The van der Waals surface area contributed by atoms with E-state index < -0.39 is 5.97 Å². The Hall–Kier alpha value is -3.93. The molecule has 0 amide bonds. The molecule has 1 atom stereocenters. The lowest BCUT2D eigenvalue weighted by molar-refractivity contribution is 0.0526. The molecule has 0 spiro atoms. The number of furan rings is 1. The third-order valence-electron chi connectivity index (χ3n) is 4.56. The SMILES string of the molecule is CCOC(=O)c1cc(C(Nc2cnccn2)c2ccccc2)oc1-c1ccccc1. The summed E-state index contributed by atoms with van der Waals surface area (Å²) in [6.45, 7) is 2.07. The van der Waals surface area contributed by atoms with Crippen LogP contribution in [0.5, 0.6) is 0 Å². The summed E-state index contributed by atoms with van der Waals surface area (Å²) in [6.07, 6.45) is 4.87. The Morgan fingerprint density at radius 1 is 1.07 bits per heavy atom. The van der Waals surface area contributed by atoms with Crippen molar-refractivity contribution in [1.82, 2.24) is 9.97 Å². The van der Waals surface area contributed by atoms with Gasteiger partial charge in [-0.15, -0.1) is 0 Å². The smallest absolute Gasteiger partial charge is 0.342 e. The Kier molecular flexibility index (Phi) is 5.85. The normalized spacial score (nSPS) is 11.6. The van der Waals surface area contributed by atoms with E-state index in [1.807, 2.05) is 60.7 Å². The third kappa shape index (κ3) is 4.22. The van der Waals surface area contributed by atoms with E-state index >= 15 is 0 Å². The molecule has 0 aliphatic rings. The maximum atomic E-state index is 12.6. The number of ether oxygens (including phenoxy) is 1. The number of hydrogen-bond donors (Lipinski definition) is 1. The van der Waals surface area contributed by atoms with E-state index in [0.717, 1.165) is 11.1 Å². The number of benzene rings is 2. The molecule has 4 aromatic rings. The Labute approximate surface area is 174 Å². The number of hydrogen-bond acceptors (Lipinski definition) is 6. The van der Waals surface area contributed by atoms with E-state index in [-0.39, 0.29) is 12.6 Å². The molecule has 2 aromatic heterocycles. The van der Waals surface area contributed by atoms with Crippen LogP contribution < -0.4 is 5.32 Å². The van der Waals surface area contributed by atoms with E-state index in [4.69, 9.17) is 9.15 Å². The lowest BCUT2D eigenvalue weighted by atomic mass is 10.0. The van der Waals surface area contributed by atoms with Crippen LogP contribution in [0.1, 0.15) is 34.6 Å². The van der Waals surface area contributed by atoms with Gasteiger partial charge in [0.05, 0.1) is 12.8 Å². The van der Waals surface area contributed by atoms with Crippen LogP contribution in [-0.4, -0.2) is 22.5 Å². The second-order valence-electron chi connectivity index (χ2n) is 6.56. The number of nitrogens with zero attached hydrogens (tertiary/aromatic N) is 2. The van der Waals surface area contributed by atoms with Crippen molar-refractivity contribution in [2.75, 3.05) is 11.9 Å². The fourth-order valence-corrected chi connectivity index (χ4v) is 3.20. The van der Waals surface area contributed by atoms with E-state index in [2.05, 4.69) is 15.3 Å². The van der Waals surface area contributed by atoms with Crippen LogP contribution in [0.2, 0.25) is 0 Å². The molecule has 30 heavy (non-hydrogen) atoms. The van der Waals surface area contributed by atoms with Crippen LogP contribution in [0.3, 0.4) is 0 Å². The molecule has 0 saturated heterocycles. The zero-order valence-electron chi connectivity index (χ0n) is 16.5. The highest BCUT2D eigenvalue weighted by Crippen LogP contribution is 2.34. The molecule has 0 radical (unpaired) electrons. The van der Waals surface area contributed by atoms with Gasteiger partial charge in [0.15, 0.2) is 0 Å². The fraction of sp³-hybridized carbons (Fsp3) is 0.125. The molecule has 150 valence electrons. The number of nitrogens with one attached hydrogen (secondary N) is 1. The van der Waals surface area contributed by atoms with E-state index in [0.29, 0.717) is 22.9 Å². The first kappa shape index (κ1) is 19.4. The van der Waals surface area contributed by atoms with E-state index in [9.17, 15) is 4.79 Å².